The first kappa shape index (κ1) is 18.7. The number of carbonyl (C=O) groups is 2. The molecule has 1 rings (SSSR count). The Labute approximate surface area is 133 Å². The maximum Gasteiger partial charge on any atom is 0.410 e. The lowest BCUT2D eigenvalue weighted by atomic mass is 10.1. The molecule has 0 spiro atoms. The van der Waals surface area contributed by atoms with Crippen LogP contribution in [0.3, 0.4) is 0 Å². The topological polar surface area (TPSA) is 59.1 Å². The van der Waals surface area contributed by atoms with Gasteiger partial charge in [0.05, 0.1) is 13.0 Å². The molecule has 0 aromatic heterocycles. The molecule has 1 aliphatic heterocycles. The predicted octanol–water partition coefficient (Wildman–Crippen LogP) is 2.27. The van der Waals surface area contributed by atoms with Crippen LogP contribution in [-0.4, -0.2) is 65.8 Å². The molecule has 1 aliphatic rings. The van der Waals surface area contributed by atoms with Crippen LogP contribution in [0.5, 0.6) is 0 Å². The number of esters is 1. The van der Waals surface area contributed by atoms with Crippen molar-refractivity contribution in [3.05, 3.63) is 0 Å². The number of ether oxygens (including phenoxy) is 2. The van der Waals surface area contributed by atoms with Gasteiger partial charge in [0.15, 0.2) is 0 Å². The largest absolute Gasteiger partial charge is 0.466 e. The van der Waals surface area contributed by atoms with E-state index >= 15 is 0 Å². The molecule has 1 saturated heterocycles. The van der Waals surface area contributed by atoms with Gasteiger partial charge in [0.1, 0.15) is 5.60 Å². The number of rotatable bonds is 4. The molecule has 0 saturated carbocycles. The molecular formula is C16H30N2O4. The fraction of sp³-hybridized carbons (Fsp3) is 0.875. The Kier molecular flexibility index (Phi) is 6.66. The van der Waals surface area contributed by atoms with Crippen molar-refractivity contribution >= 4 is 12.1 Å². The lowest BCUT2D eigenvalue weighted by Gasteiger charge is -2.44. The van der Waals surface area contributed by atoms with Gasteiger partial charge in [-0.2, -0.15) is 0 Å². The number of hydrogen-bond acceptors (Lipinski definition) is 5. The summed E-state index contributed by atoms with van der Waals surface area (Å²) in [4.78, 5) is 27.7. The summed E-state index contributed by atoms with van der Waals surface area (Å²) < 4.78 is 10.4. The van der Waals surface area contributed by atoms with Gasteiger partial charge in [-0.1, -0.05) is 0 Å². The quantitative estimate of drug-likeness (QED) is 0.745. The molecular weight excluding hydrogens is 284 g/mol. The molecule has 0 aromatic carbocycles. The van der Waals surface area contributed by atoms with Crippen LogP contribution in [0.25, 0.3) is 0 Å². The molecule has 6 nitrogen and oxygen atoms in total. The van der Waals surface area contributed by atoms with Gasteiger partial charge in [-0.25, -0.2) is 4.79 Å². The summed E-state index contributed by atoms with van der Waals surface area (Å²) in [6.45, 7) is 13.8. The summed E-state index contributed by atoms with van der Waals surface area (Å²) in [6, 6.07) is 0.372. The maximum absolute atomic E-state index is 12.2. The van der Waals surface area contributed by atoms with Crippen molar-refractivity contribution in [2.45, 2.75) is 65.6 Å². The van der Waals surface area contributed by atoms with Gasteiger partial charge in [-0.15, -0.1) is 0 Å². The average molecular weight is 314 g/mol. The molecule has 0 N–H and O–H groups in total. The van der Waals surface area contributed by atoms with Crippen LogP contribution in [0.15, 0.2) is 0 Å². The van der Waals surface area contributed by atoms with E-state index < -0.39 is 5.60 Å². The van der Waals surface area contributed by atoms with Crippen LogP contribution < -0.4 is 0 Å². The molecule has 0 unspecified atom stereocenters. The van der Waals surface area contributed by atoms with Crippen molar-refractivity contribution in [1.29, 1.82) is 0 Å². The predicted molar refractivity (Wildman–Crippen MR) is 84.7 cm³/mol. The number of hydrogen-bond donors (Lipinski definition) is 0. The van der Waals surface area contributed by atoms with E-state index in [0.29, 0.717) is 32.7 Å². The number of piperazine rings is 1. The van der Waals surface area contributed by atoms with E-state index in [1.54, 1.807) is 4.90 Å². The minimum absolute atomic E-state index is 0.170. The van der Waals surface area contributed by atoms with Gasteiger partial charge in [0.25, 0.3) is 0 Å². The third-order valence-corrected chi connectivity index (χ3v) is 3.63. The highest BCUT2D eigenvalue weighted by Gasteiger charge is 2.33. The number of carbonyl (C=O) groups excluding carboxylic acids is 2. The second kappa shape index (κ2) is 7.81. The van der Waals surface area contributed by atoms with Crippen LogP contribution in [0.4, 0.5) is 4.79 Å². The Balaban J connectivity index is 2.54. The van der Waals surface area contributed by atoms with Crippen LogP contribution in [-0.2, 0) is 14.3 Å². The number of amides is 1. The van der Waals surface area contributed by atoms with Crippen LogP contribution in [0.2, 0.25) is 0 Å². The molecule has 22 heavy (non-hydrogen) atoms. The highest BCUT2D eigenvalue weighted by Crippen LogP contribution is 2.19. The second-order valence-corrected chi connectivity index (χ2v) is 6.88. The minimum atomic E-state index is -0.482. The van der Waals surface area contributed by atoms with E-state index in [1.165, 1.54) is 0 Å². The van der Waals surface area contributed by atoms with Crippen LogP contribution in [0, 0.1) is 0 Å². The van der Waals surface area contributed by atoms with Crippen molar-refractivity contribution in [2.75, 3.05) is 26.2 Å². The highest BCUT2D eigenvalue weighted by atomic mass is 16.6. The minimum Gasteiger partial charge on any atom is -0.466 e. The van der Waals surface area contributed by atoms with Crippen molar-refractivity contribution < 1.29 is 19.1 Å². The Bertz CT molecular complexity index is 380. The lowest BCUT2D eigenvalue weighted by molar-refractivity contribution is -0.143. The van der Waals surface area contributed by atoms with Crippen molar-refractivity contribution in [1.82, 2.24) is 9.80 Å². The molecule has 1 fully saturated rings. The van der Waals surface area contributed by atoms with Crippen molar-refractivity contribution in [3.63, 3.8) is 0 Å². The summed E-state index contributed by atoms with van der Waals surface area (Å²) in [5.41, 5.74) is -0.482. The zero-order valence-electron chi connectivity index (χ0n) is 14.7. The molecule has 0 aliphatic carbocycles. The molecule has 1 heterocycles. The first-order valence-corrected chi connectivity index (χ1v) is 8.03. The standard InChI is InChI=1S/C16H30N2O4/c1-7-21-14(19)8-9-18-12(2)10-17(11-13(18)3)15(20)22-16(4,5)6/h12-13H,7-11H2,1-6H3/t12-,13+. The fourth-order valence-corrected chi connectivity index (χ4v) is 2.73. The van der Waals surface area contributed by atoms with E-state index in [4.69, 9.17) is 9.47 Å². The molecule has 2 atom stereocenters. The Morgan fingerprint density at radius 3 is 2.14 bits per heavy atom. The van der Waals surface area contributed by atoms with E-state index in [-0.39, 0.29) is 24.1 Å². The molecule has 1 amide bonds. The third-order valence-electron chi connectivity index (χ3n) is 3.63. The monoisotopic (exact) mass is 314 g/mol. The number of nitrogens with zero attached hydrogens (tertiary/aromatic N) is 2. The zero-order valence-corrected chi connectivity index (χ0v) is 14.7. The Morgan fingerprint density at radius 1 is 1.14 bits per heavy atom. The lowest BCUT2D eigenvalue weighted by Crippen LogP contribution is -2.58. The van der Waals surface area contributed by atoms with E-state index in [0.717, 1.165) is 0 Å². The maximum atomic E-state index is 12.2. The zero-order chi connectivity index (χ0) is 16.9. The van der Waals surface area contributed by atoms with Gasteiger partial charge in [-0.3, -0.25) is 9.69 Å². The fourth-order valence-electron chi connectivity index (χ4n) is 2.73. The Morgan fingerprint density at radius 2 is 1.68 bits per heavy atom. The smallest absolute Gasteiger partial charge is 0.410 e. The SMILES string of the molecule is CCOC(=O)CCN1[C@H](C)CN(C(=O)OC(C)(C)C)C[C@@H]1C. The molecule has 0 radical (unpaired) electrons. The first-order valence-electron chi connectivity index (χ1n) is 8.03. The normalized spacial score (nSPS) is 23.3. The average Bonchev–Trinajstić information content (AvgIpc) is 2.35. The summed E-state index contributed by atoms with van der Waals surface area (Å²) in [5, 5.41) is 0. The van der Waals surface area contributed by atoms with E-state index in [1.807, 2.05) is 27.7 Å². The molecule has 0 bridgehead atoms. The van der Waals surface area contributed by atoms with Crippen LogP contribution >= 0.6 is 0 Å². The van der Waals surface area contributed by atoms with Crippen molar-refractivity contribution in [2.24, 2.45) is 0 Å². The summed E-state index contributed by atoms with van der Waals surface area (Å²) in [7, 11) is 0. The van der Waals surface area contributed by atoms with Gasteiger partial charge in [-0.05, 0) is 41.5 Å². The Hall–Kier alpha value is -1.30. The van der Waals surface area contributed by atoms with Crippen molar-refractivity contribution in [3.8, 4) is 0 Å². The molecule has 128 valence electrons. The second-order valence-electron chi connectivity index (χ2n) is 6.88. The first-order chi connectivity index (χ1) is 10.1. The van der Waals surface area contributed by atoms with E-state index in [2.05, 4.69) is 18.7 Å². The molecule has 6 heteroatoms. The summed E-state index contributed by atoms with van der Waals surface area (Å²) >= 11 is 0. The van der Waals surface area contributed by atoms with Gasteiger partial charge in [0, 0.05) is 31.7 Å². The summed E-state index contributed by atoms with van der Waals surface area (Å²) in [6.07, 6.45) is 0.117. The van der Waals surface area contributed by atoms with Crippen LogP contribution in [0.1, 0.15) is 48.0 Å². The third kappa shape index (κ3) is 5.83. The highest BCUT2D eigenvalue weighted by molar-refractivity contribution is 5.69. The molecule has 0 aromatic rings. The van der Waals surface area contributed by atoms with Gasteiger partial charge >= 0.3 is 12.1 Å². The summed E-state index contributed by atoms with van der Waals surface area (Å²) in [5.74, 6) is -0.170. The van der Waals surface area contributed by atoms with Gasteiger partial charge in [0.2, 0.25) is 0 Å². The van der Waals surface area contributed by atoms with Gasteiger partial charge < -0.3 is 14.4 Å². The van der Waals surface area contributed by atoms with E-state index in [9.17, 15) is 9.59 Å².